The first-order valence-electron chi connectivity index (χ1n) is 6.02. The molecule has 1 atom stereocenters. The maximum atomic E-state index is 11.8. The molecule has 0 saturated carbocycles. The highest BCUT2D eigenvalue weighted by Gasteiger charge is 2.27. The molecule has 0 amide bonds. The fraction of sp³-hybridized carbons (Fsp3) is 0.538. The second kappa shape index (κ2) is 7.87. The van der Waals surface area contributed by atoms with Gasteiger partial charge in [-0.25, -0.2) is 0 Å². The summed E-state index contributed by atoms with van der Waals surface area (Å²) in [7, 11) is 0. The summed E-state index contributed by atoms with van der Waals surface area (Å²) in [4.78, 5) is 0. The number of rotatable bonds is 7. The Morgan fingerprint density at radius 3 is 2.47 bits per heavy atom. The second-order valence-corrected chi connectivity index (χ2v) is 5.16. The lowest BCUT2D eigenvalue weighted by Crippen LogP contribution is -2.22. The number of ether oxygens (including phenoxy) is 1. The molecule has 0 aliphatic rings. The molecule has 0 bridgehead atoms. The van der Waals surface area contributed by atoms with Crippen LogP contribution in [-0.4, -0.2) is 25.9 Å². The number of hydrogen-bond acceptors (Lipinski definition) is 2. The van der Waals surface area contributed by atoms with Crippen LogP contribution in [0.5, 0.6) is 0 Å². The van der Waals surface area contributed by atoms with Gasteiger partial charge in [0.25, 0.3) is 0 Å². The van der Waals surface area contributed by atoms with Gasteiger partial charge in [-0.3, -0.25) is 0 Å². The molecule has 1 aromatic carbocycles. The molecule has 0 aromatic heterocycles. The molecule has 108 valence electrons. The van der Waals surface area contributed by atoms with Crippen LogP contribution in [-0.2, 0) is 4.74 Å². The molecule has 0 aliphatic carbocycles. The fourth-order valence-electron chi connectivity index (χ4n) is 1.55. The van der Waals surface area contributed by atoms with E-state index in [-0.39, 0.29) is 12.6 Å². The standard InChI is InChI=1S/C13H17BrF3NO/c1-10(11-3-5-12(14)6-4-11)18-7-2-8-19-9-13(15,16)17/h3-6,10,18H,2,7-9H2,1H3. The lowest BCUT2D eigenvalue weighted by molar-refractivity contribution is -0.173. The van der Waals surface area contributed by atoms with Crippen molar-refractivity contribution >= 4 is 15.9 Å². The van der Waals surface area contributed by atoms with Crippen LogP contribution in [0.2, 0.25) is 0 Å². The van der Waals surface area contributed by atoms with E-state index in [4.69, 9.17) is 0 Å². The smallest absolute Gasteiger partial charge is 0.372 e. The van der Waals surface area contributed by atoms with E-state index in [1.54, 1.807) is 0 Å². The lowest BCUT2D eigenvalue weighted by atomic mass is 10.1. The van der Waals surface area contributed by atoms with Gasteiger partial charge in [-0.1, -0.05) is 28.1 Å². The summed E-state index contributed by atoms with van der Waals surface area (Å²) >= 11 is 3.36. The highest BCUT2D eigenvalue weighted by Crippen LogP contribution is 2.16. The van der Waals surface area contributed by atoms with E-state index in [2.05, 4.69) is 26.0 Å². The fourth-order valence-corrected chi connectivity index (χ4v) is 1.81. The van der Waals surface area contributed by atoms with E-state index >= 15 is 0 Å². The molecule has 0 aliphatic heterocycles. The van der Waals surface area contributed by atoms with Crippen molar-refractivity contribution in [1.29, 1.82) is 0 Å². The molecule has 6 heteroatoms. The van der Waals surface area contributed by atoms with Gasteiger partial charge in [0.15, 0.2) is 0 Å². The van der Waals surface area contributed by atoms with Crippen molar-refractivity contribution in [3.8, 4) is 0 Å². The van der Waals surface area contributed by atoms with Crippen LogP contribution < -0.4 is 5.32 Å². The third-order valence-electron chi connectivity index (χ3n) is 2.55. The van der Waals surface area contributed by atoms with Crippen molar-refractivity contribution in [2.45, 2.75) is 25.6 Å². The Labute approximate surface area is 119 Å². The largest absolute Gasteiger partial charge is 0.411 e. The Morgan fingerprint density at radius 2 is 1.89 bits per heavy atom. The SMILES string of the molecule is CC(NCCCOCC(F)(F)F)c1ccc(Br)cc1. The zero-order valence-corrected chi connectivity index (χ0v) is 12.2. The summed E-state index contributed by atoms with van der Waals surface area (Å²) in [6, 6.07) is 8.08. The molecule has 19 heavy (non-hydrogen) atoms. The van der Waals surface area contributed by atoms with Gasteiger partial charge in [-0.2, -0.15) is 13.2 Å². The Morgan fingerprint density at radius 1 is 1.26 bits per heavy atom. The average molecular weight is 340 g/mol. The van der Waals surface area contributed by atoms with Gasteiger partial charge in [0, 0.05) is 17.1 Å². The Bertz CT molecular complexity index is 367. The first kappa shape index (κ1) is 16.5. The Hall–Kier alpha value is -0.590. The van der Waals surface area contributed by atoms with Crippen molar-refractivity contribution in [2.24, 2.45) is 0 Å². The molecule has 0 radical (unpaired) electrons. The highest BCUT2D eigenvalue weighted by atomic mass is 79.9. The minimum atomic E-state index is -4.24. The number of hydrogen-bond donors (Lipinski definition) is 1. The van der Waals surface area contributed by atoms with E-state index < -0.39 is 12.8 Å². The summed E-state index contributed by atoms with van der Waals surface area (Å²) in [6.45, 7) is 1.57. The van der Waals surface area contributed by atoms with Crippen LogP contribution in [0.3, 0.4) is 0 Å². The van der Waals surface area contributed by atoms with Crippen LogP contribution in [0.15, 0.2) is 28.7 Å². The quantitative estimate of drug-likeness (QED) is 0.756. The first-order valence-corrected chi connectivity index (χ1v) is 6.81. The molecule has 0 spiro atoms. The van der Waals surface area contributed by atoms with E-state index in [0.29, 0.717) is 13.0 Å². The highest BCUT2D eigenvalue weighted by molar-refractivity contribution is 9.10. The van der Waals surface area contributed by atoms with Crippen LogP contribution in [0.25, 0.3) is 0 Å². The number of benzene rings is 1. The van der Waals surface area contributed by atoms with E-state index in [1.807, 2.05) is 31.2 Å². The summed E-state index contributed by atoms with van der Waals surface area (Å²) in [5.41, 5.74) is 1.14. The Balaban J connectivity index is 2.14. The lowest BCUT2D eigenvalue weighted by Gasteiger charge is -2.14. The van der Waals surface area contributed by atoms with Gasteiger partial charge in [-0.05, 0) is 37.6 Å². The molecule has 0 saturated heterocycles. The van der Waals surface area contributed by atoms with Crippen molar-refractivity contribution in [1.82, 2.24) is 5.32 Å². The zero-order valence-electron chi connectivity index (χ0n) is 10.6. The third kappa shape index (κ3) is 7.54. The van der Waals surface area contributed by atoms with Crippen LogP contribution in [0.1, 0.15) is 24.9 Å². The molecular weight excluding hydrogens is 323 g/mol. The minimum Gasteiger partial charge on any atom is -0.372 e. The summed E-state index contributed by atoms with van der Waals surface area (Å²) in [5.74, 6) is 0. The zero-order chi connectivity index (χ0) is 14.3. The van der Waals surface area contributed by atoms with Crippen LogP contribution >= 0.6 is 15.9 Å². The predicted molar refractivity (Wildman–Crippen MR) is 72.1 cm³/mol. The Kier molecular flexibility index (Phi) is 6.82. The maximum Gasteiger partial charge on any atom is 0.411 e. The molecule has 1 unspecified atom stereocenters. The third-order valence-corrected chi connectivity index (χ3v) is 3.08. The van der Waals surface area contributed by atoms with Gasteiger partial charge >= 0.3 is 6.18 Å². The molecule has 1 aromatic rings. The summed E-state index contributed by atoms with van der Waals surface area (Å²) in [5, 5.41) is 3.24. The molecule has 0 fully saturated rings. The van der Waals surface area contributed by atoms with Crippen LogP contribution in [0, 0.1) is 0 Å². The average Bonchev–Trinajstić information content (AvgIpc) is 2.33. The van der Waals surface area contributed by atoms with E-state index in [1.165, 1.54) is 0 Å². The van der Waals surface area contributed by atoms with Crippen molar-refractivity contribution in [2.75, 3.05) is 19.8 Å². The molecule has 2 nitrogen and oxygen atoms in total. The van der Waals surface area contributed by atoms with Crippen molar-refractivity contribution < 1.29 is 17.9 Å². The van der Waals surface area contributed by atoms with Gasteiger partial charge in [0.05, 0.1) is 0 Å². The van der Waals surface area contributed by atoms with E-state index in [9.17, 15) is 13.2 Å². The number of halogens is 4. The molecule has 0 heterocycles. The van der Waals surface area contributed by atoms with Gasteiger partial charge < -0.3 is 10.1 Å². The van der Waals surface area contributed by atoms with Gasteiger partial charge in [0.1, 0.15) is 6.61 Å². The minimum absolute atomic E-state index is 0.111. The number of nitrogens with one attached hydrogen (secondary N) is 1. The first-order chi connectivity index (χ1) is 8.88. The monoisotopic (exact) mass is 339 g/mol. The maximum absolute atomic E-state index is 11.8. The molecule has 1 N–H and O–H groups in total. The van der Waals surface area contributed by atoms with Crippen molar-refractivity contribution in [3.05, 3.63) is 34.3 Å². The summed E-state index contributed by atoms with van der Waals surface area (Å²) in [6.07, 6.45) is -3.69. The predicted octanol–water partition coefficient (Wildman–Crippen LogP) is 4.07. The summed E-state index contributed by atoms with van der Waals surface area (Å²) < 4.78 is 41.0. The van der Waals surface area contributed by atoms with E-state index in [0.717, 1.165) is 10.0 Å². The van der Waals surface area contributed by atoms with Gasteiger partial charge in [-0.15, -0.1) is 0 Å². The molecule has 1 rings (SSSR count). The normalized spacial score (nSPS) is 13.5. The number of alkyl halides is 3. The molecular formula is C13H17BrF3NO. The van der Waals surface area contributed by atoms with Gasteiger partial charge in [0.2, 0.25) is 0 Å². The second-order valence-electron chi connectivity index (χ2n) is 4.25. The van der Waals surface area contributed by atoms with Crippen molar-refractivity contribution in [3.63, 3.8) is 0 Å². The van der Waals surface area contributed by atoms with Crippen LogP contribution in [0.4, 0.5) is 13.2 Å². The topological polar surface area (TPSA) is 21.3 Å².